The maximum absolute atomic E-state index is 5.87. The Balaban J connectivity index is 2.47. The molecule has 78 valence electrons. The average Bonchev–Trinajstić information content (AvgIpc) is 2.62. The molecule has 0 aliphatic heterocycles. The summed E-state index contributed by atoms with van der Waals surface area (Å²) in [5, 5.41) is 0. The number of thioether (sulfide) groups is 1. The predicted octanol–water partition coefficient (Wildman–Crippen LogP) is 2.90. The third-order valence-corrected chi connectivity index (χ3v) is 3.92. The van der Waals surface area contributed by atoms with E-state index >= 15 is 0 Å². The highest BCUT2D eigenvalue weighted by molar-refractivity contribution is 8.01. The minimum atomic E-state index is 0.613. The lowest BCUT2D eigenvalue weighted by atomic mass is 10.1. The van der Waals surface area contributed by atoms with E-state index in [2.05, 4.69) is 16.3 Å². The monoisotopic (exact) mass is 237 g/mol. The molecular formula is C10H11N3S2. The van der Waals surface area contributed by atoms with E-state index in [9.17, 15) is 0 Å². The van der Waals surface area contributed by atoms with Crippen molar-refractivity contribution in [2.75, 3.05) is 11.5 Å². The van der Waals surface area contributed by atoms with E-state index in [0.717, 1.165) is 16.9 Å². The molecule has 0 spiro atoms. The van der Waals surface area contributed by atoms with Crippen molar-refractivity contribution < 1.29 is 0 Å². The third kappa shape index (κ3) is 2.13. The molecular weight excluding hydrogens is 226 g/mol. The van der Waals surface area contributed by atoms with Gasteiger partial charge in [0.15, 0.2) is 0 Å². The van der Waals surface area contributed by atoms with Crippen LogP contribution in [0.25, 0.3) is 11.1 Å². The van der Waals surface area contributed by atoms with Crippen molar-refractivity contribution in [3.05, 3.63) is 24.5 Å². The van der Waals surface area contributed by atoms with Crippen LogP contribution in [0.15, 0.2) is 28.7 Å². The van der Waals surface area contributed by atoms with Crippen LogP contribution in [-0.4, -0.2) is 15.1 Å². The van der Waals surface area contributed by atoms with Gasteiger partial charge in [-0.1, -0.05) is 6.92 Å². The van der Waals surface area contributed by atoms with Gasteiger partial charge in [0.2, 0.25) is 0 Å². The molecule has 2 aromatic heterocycles. The van der Waals surface area contributed by atoms with Gasteiger partial charge in [-0.3, -0.25) is 4.98 Å². The van der Waals surface area contributed by atoms with Crippen LogP contribution in [-0.2, 0) is 0 Å². The highest BCUT2D eigenvalue weighted by atomic mass is 32.2. The standard InChI is InChI=1S/C10H11N3S2/c1-2-14-10-8(9(11)13-15-10)7-3-5-12-6-4-7/h3-6H,2H2,1H3,(H2,11,13). The summed E-state index contributed by atoms with van der Waals surface area (Å²) in [6.07, 6.45) is 3.54. The van der Waals surface area contributed by atoms with Gasteiger partial charge in [-0.15, -0.1) is 11.8 Å². The van der Waals surface area contributed by atoms with Crippen molar-refractivity contribution in [3.8, 4) is 11.1 Å². The number of rotatable bonds is 3. The van der Waals surface area contributed by atoms with E-state index in [1.54, 1.807) is 24.2 Å². The highest BCUT2D eigenvalue weighted by Gasteiger charge is 2.12. The van der Waals surface area contributed by atoms with Crippen molar-refractivity contribution in [3.63, 3.8) is 0 Å². The molecule has 15 heavy (non-hydrogen) atoms. The molecule has 5 heteroatoms. The van der Waals surface area contributed by atoms with Crippen molar-refractivity contribution in [2.24, 2.45) is 0 Å². The maximum atomic E-state index is 5.87. The molecule has 0 amide bonds. The van der Waals surface area contributed by atoms with Crippen molar-refractivity contribution in [1.82, 2.24) is 9.36 Å². The van der Waals surface area contributed by atoms with Crippen LogP contribution in [0, 0.1) is 0 Å². The molecule has 0 fully saturated rings. The lowest BCUT2D eigenvalue weighted by Gasteiger charge is -2.01. The Morgan fingerprint density at radius 2 is 2.13 bits per heavy atom. The van der Waals surface area contributed by atoms with E-state index in [4.69, 9.17) is 5.73 Å². The molecule has 0 unspecified atom stereocenters. The lowest BCUT2D eigenvalue weighted by Crippen LogP contribution is -1.88. The minimum absolute atomic E-state index is 0.613. The van der Waals surface area contributed by atoms with Crippen LogP contribution in [0.2, 0.25) is 0 Å². The smallest absolute Gasteiger partial charge is 0.146 e. The Morgan fingerprint density at radius 3 is 2.80 bits per heavy atom. The number of hydrogen-bond donors (Lipinski definition) is 1. The van der Waals surface area contributed by atoms with Crippen LogP contribution >= 0.6 is 23.3 Å². The molecule has 0 aromatic carbocycles. The van der Waals surface area contributed by atoms with Crippen LogP contribution in [0.1, 0.15) is 6.92 Å². The fourth-order valence-electron chi connectivity index (χ4n) is 1.30. The predicted molar refractivity (Wildman–Crippen MR) is 66.2 cm³/mol. The van der Waals surface area contributed by atoms with E-state index < -0.39 is 0 Å². The number of anilines is 1. The summed E-state index contributed by atoms with van der Waals surface area (Å²) >= 11 is 3.24. The Kier molecular flexibility index (Phi) is 3.23. The Labute approximate surface area is 96.9 Å². The molecule has 0 aliphatic rings. The van der Waals surface area contributed by atoms with Crippen LogP contribution in [0.3, 0.4) is 0 Å². The first-order valence-electron chi connectivity index (χ1n) is 4.61. The van der Waals surface area contributed by atoms with Crippen LogP contribution in [0.4, 0.5) is 5.82 Å². The number of nitrogens with two attached hydrogens (primary N) is 1. The zero-order chi connectivity index (χ0) is 10.7. The zero-order valence-corrected chi connectivity index (χ0v) is 9.94. The van der Waals surface area contributed by atoms with Gasteiger partial charge in [-0.25, -0.2) is 0 Å². The van der Waals surface area contributed by atoms with Crippen molar-refractivity contribution in [1.29, 1.82) is 0 Å². The van der Waals surface area contributed by atoms with Crippen LogP contribution in [0.5, 0.6) is 0 Å². The summed E-state index contributed by atoms with van der Waals surface area (Å²) in [4.78, 5) is 4.00. The highest BCUT2D eigenvalue weighted by Crippen LogP contribution is 2.38. The topological polar surface area (TPSA) is 51.8 Å². The van der Waals surface area contributed by atoms with E-state index in [-0.39, 0.29) is 0 Å². The molecule has 0 saturated heterocycles. The number of hydrogen-bond acceptors (Lipinski definition) is 5. The normalized spacial score (nSPS) is 10.5. The molecule has 2 N–H and O–H groups in total. The molecule has 0 aliphatic carbocycles. The summed E-state index contributed by atoms with van der Waals surface area (Å²) in [5.74, 6) is 1.64. The molecule has 0 atom stereocenters. The minimum Gasteiger partial charge on any atom is -0.382 e. The summed E-state index contributed by atoms with van der Waals surface area (Å²) in [6.45, 7) is 2.12. The van der Waals surface area contributed by atoms with Crippen molar-refractivity contribution in [2.45, 2.75) is 11.1 Å². The first-order valence-corrected chi connectivity index (χ1v) is 6.37. The molecule has 0 bridgehead atoms. The second-order valence-corrected chi connectivity index (χ2v) is 5.21. The van der Waals surface area contributed by atoms with E-state index in [1.165, 1.54) is 15.7 Å². The van der Waals surface area contributed by atoms with Gasteiger partial charge in [0.05, 0.1) is 9.77 Å². The second kappa shape index (κ2) is 4.63. The summed E-state index contributed by atoms with van der Waals surface area (Å²) in [6, 6.07) is 3.92. The summed E-state index contributed by atoms with van der Waals surface area (Å²) in [7, 11) is 0. The molecule has 2 heterocycles. The van der Waals surface area contributed by atoms with Gasteiger partial charge in [-0.05, 0) is 35.0 Å². The first kappa shape index (κ1) is 10.4. The largest absolute Gasteiger partial charge is 0.382 e. The third-order valence-electron chi connectivity index (χ3n) is 1.93. The number of aromatic nitrogens is 2. The average molecular weight is 237 g/mol. The lowest BCUT2D eigenvalue weighted by molar-refractivity contribution is 1.33. The van der Waals surface area contributed by atoms with E-state index in [0.29, 0.717) is 5.82 Å². The quantitative estimate of drug-likeness (QED) is 0.834. The molecule has 2 aromatic rings. The van der Waals surface area contributed by atoms with E-state index in [1.807, 2.05) is 12.1 Å². The maximum Gasteiger partial charge on any atom is 0.146 e. The molecule has 0 radical (unpaired) electrons. The number of nitrogens with zero attached hydrogens (tertiary/aromatic N) is 2. The SMILES string of the molecule is CCSc1snc(N)c1-c1ccncc1. The van der Waals surface area contributed by atoms with Gasteiger partial charge in [0.25, 0.3) is 0 Å². The summed E-state index contributed by atoms with van der Waals surface area (Å²) < 4.78 is 5.37. The van der Waals surface area contributed by atoms with Gasteiger partial charge in [0, 0.05) is 12.4 Å². The Bertz CT molecular complexity index is 439. The summed E-state index contributed by atoms with van der Waals surface area (Å²) in [5.41, 5.74) is 8.01. The number of pyridine rings is 1. The fraction of sp³-hybridized carbons (Fsp3) is 0.200. The van der Waals surface area contributed by atoms with Gasteiger partial charge in [0.1, 0.15) is 5.82 Å². The molecule has 0 saturated carbocycles. The van der Waals surface area contributed by atoms with Gasteiger partial charge >= 0.3 is 0 Å². The first-order chi connectivity index (χ1) is 7.33. The van der Waals surface area contributed by atoms with Gasteiger partial charge < -0.3 is 5.73 Å². The van der Waals surface area contributed by atoms with Gasteiger partial charge in [-0.2, -0.15) is 4.37 Å². The van der Waals surface area contributed by atoms with Crippen LogP contribution < -0.4 is 5.73 Å². The Hall–Kier alpha value is -1.07. The second-order valence-electron chi connectivity index (χ2n) is 2.90. The zero-order valence-electron chi connectivity index (χ0n) is 8.30. The number of nitrogen functional groups attached to an aromatic ring is 1. The fourth-order valence-corrected chi connectivity index (χ4v) is 3.19. The Morgan fingerprint density at radius 1 is 1.40 bits per heavy atom. The molecule has 2 rings (SSSR count). The molecule has 3 nitrogen and oxygen atoms in total. The van der Waals surface area contributed by atoms with Crippen molar-refractivity contribution >= 4 is 29.1 Å².